The molecule has 0 radical (unpaired) electrons. The van der Waals surface area contributed by atoms with Gasteiger partial charge in [-0.25, -0.2) is 0 Å². The van der Waals surface area contributed by atoms with Gasteiger partial charge in [-0.3, -0.25) is 4.79 Å². The summed E-state index contributed by atoms with van der Waals surface area (Å²) in [5, 5.41) is 2.94. The molecule has 0 spiro atoms. The number of amides is 1. The van der Waals surface area contributed by atoms with Crippen LogP contribution in [0.4, 0.5) is 0 Å². The van der Waals surface area contributed by atoms with Gasteiger partial charge in [0.05, 0.1) is 7.11 Å². The number of aryl methyl sites for hydroxylation is 1. The van der Waals surface area contributed by atoms with E-state index in [0.717, 1.165) is 28.8 Å². The minimum absolute atomic E-state index is 0.0648. The van der Waals surface area contributed by atoms with Gasteiger partial charge in [0.1, 0.15) is 11.4 Å². The van der Waals surface area contributed by atoms with Crippen molar-refractivity contribution >= 4 is 21.8 Å². The van der Waals surface area contributed by atoms with Gasteiger partial charge in [0.25, 0.3) is 5.91 Å². The average Bonchev–Trinajstić information content (AvgIpc) is 2.86. The van der Waals surface area contributed by atoms with Crippen molar-refractivity contribution in [3.05, 3.63) is 52.3 Å². The lowest BCUT2D eigenvalue weighted by Crippen LogP contribution is -2.25. The van der Waals surface area contributed by atoms with Gasteiger partial charge in [-0.05, 0) is 46.1 Å². The maximum absolute atomic E-state index is 12.3. The highest BCUT2D eigenvalue weighted by molar-refractivity contribution is 9.10. The van der Waals surface area contributed by atoms with Gasteiger partial charge in [-0.2, -0.15) is 0 Å². The molecule has 0 aliphatic heterocycles. The molecule has 112 valence electrons. The highest BCUT2D eigenvalue weighted by Gasteiger charge is 2.12. The number of hydrogen-bond donors (Lipinski definition) is 1. The molecular weight excluding hydrogens is 332 g/mol. The summed E-state index contributed by atoms with van der Waals surface area (Å²) in [6.45, 7) is 3.42. The molecule has 0 aliphatic rings. The second-order valence-corrected chi connectivity index (χ2v) is 5.68. The minimum Gasteiger partial charge on any atom is -0.497 e. The van der Waals surface area contributed by atoms with E-state index in [1.165, 1.54) is 0 Å². The number of halogens is 1. The number of nitrogens with one attached hydrogen (secondary N) is 1. The predicted molar refractivity (Wildman–Crippen MR) is 86.6 cm³/mol. The normalized spacial score (nSPS) is 10.4. The van der Waals surface area contributed by atoms with E-state index in [9.17, 15) is 4.79 Å². The van der Waals surface area contributed by atoms with Crippen molar-refractivity contribution in [1.82, 2.24) is 9.88 Å². The zero-order valence-electron chi connectivity index (χ0n) is 12.2. The fraction of sp³-hybridized carbons (Fsp3) is 0.312. The lowest BCUT2D eigenvalue weighted by molar-refractivity contribution is 0.0941. The summed E-state index contributed by atoms with van der Waals surface area (Å²) in [6, 6.07) is 9.51. The third kappa shape index (κ3) is 4.11. The molecule has 0 saturated heterocycles. The molecule has 2 rings (SSSR count). The third-order valence-electron chi connectivity index (χ3n) is 3.17. The molecular formula is C16H19BrN2O2. The van der Waals surface area contributed by atoms with Gasteiger partial charge in [-0.1, -0.05) is 19.1 Å². The summed E-state index contributed by atoms with van der Waals surface area (Å²) in [7, 11) is 1.64. The first-order valence-electron chi connectivity index (χ1n) is 6.91. The SMILES string of the molecule is CCCn1cc(Br)cc1C(=O)NCc1ccc(OC)cc1. The van der Waals surface area contributed by atoms with Gasteiger partial charge >= 0.3 is 0 Å². The highest BCUT2D eigenvalue weighted by atomic mass is 79.9. The Labute approximate surface area is 133 Å². The van der Waals surface area contributed by atoms with Gasteiger partial charge in [0.15, 0.2) is 0 Å². The van der Waals surface area contributed by atoms with Gasteiger partial charge in [0.2, 0.25) is 0 Å². The molecule has 0 aliphatic carbocycles. The fourth-order valence-corrected chi connectivity index (χ4v) is 2.57. The number of carbonyl (C=O) groups excluding carboxylic acids is 1. The van der Waals surface area contributed by atoms with Crippen LogP contribution in [0.2, 0.25) is 0 Å². The Hall–Kier alpha value is -1.75. The first-order chi connectivity index (χ1) is 10.1. The monoisotopic (exact) mass is 350 g/mol. The summed E-state index contributed by atoms with van der Waals surface area (Å²) < 4.78 is 8.00. The van der Waals surface area contributed by atoms with Crippen LogP contribution in [0.3, 0.4) is 0 Å². The highest BCUT2D eigenvalue weighted by Crippen LogP contribution is 2.16. The first-order valence-corrected chi connectivity index (χ1v) is 7.70. The lowest BCUT2D eigenvalue weighted by atomic mass is 10.2. The molecule has 2 aromatic rings. The Morgan fingerprint density at radius 3 is 2.67 bits per heavy atom. The van der Waals surface area contributed by atoms with E-state index in [2.05, 4.69) is 28.2 Å². The Balaban J connectivity index is 2.00. The molecule has 0 bridgehead atoms. The molecule has 1 aromatic heterocycles. The van der Waals surface area contributed by atoms with E-state index in [1.807, 2.05) is 41.1 Å². The second kappa shape index (κ2) is 7.31. The summed E-state index contributed by atoms with van der Waals surface area (Å²) in [6.07, 6.45) is 2.92. The second-order valence-electron chi connectivity index (χ2n) is 4.77. The minimum atomic E-state index is -0.0648. The Bertz CT molecular complexity index is 605. The molecule has 1 amide bonds. The predicted octanol–water partition coefficient (Wildman–Crippen LogP) is 3.60. The third-order valence-corrected chi connectivity index (χ3v) is 3.61. The molecule has 0 fully saturated rings. The molecule has 5 heteroatoms. The lowest BCUT2D eigenvalue weighted by Gasteiger charge is -2.09. The molecule has 1 heterocycles. The van der Waals surface area contributed by atoms with Crippen LogP contribution in [0, 0.1) is 0 Å². The molecule has 0 unspecified atom stereocenters. The van der Waals surface area contributed by atoms with Gasteiger partial charge in [-0.15, -0.1) is 0 Å². The van der Waals surface area contributed by atoms with Crippen LogP contribution in [-0.2, 0) is 13.1 Å². The van der Waals surface area contributed by atoms with Crippen LogP contribution < -0.4 is 10.1 Å². The standard InChI is InChI=1S/C16H19BrN2O2/c1-3-8-19-11-13(17)9-15(19)16(20)18-10-12-4-6-14(21-2)7-5-12/h4-7,9,11H,3,8,10H2,1-2H3,(H,18,20). The Morgan fingerprint density at radius 1 is 1.33 bits per heavy atom. The van der Waals surface area contributed by atoms with Crippen LogP contribution >= 0.6 is 15.9 Å². The van der Waals surface area contributed by atoms with E-state index in [1.54, 1.807) is 7.11 Å². The Morgan fingerprint density at radius 2 is 2.05 bits per heavy atom. The number of benzene rings is 1. The molecule has 4 nitrogen and oxygen atoms in total. The van der Waals surface area contributed by atoms with Crippen molar-refractivity contribution in [1.29, 1.82) is 0 Å². The van der Waals surface area contributed by atoms with Crippen molar-refractivity contribution in [2.75, 3.05) is 7.11 Å². The van der Waals surface area contributed by atoms with Crippen molar-refractivity contribution in [3.8, 4) is 5.75 Å². The van der Waals surface area contributed by atoms with Crippen LogP contribution in [-0.4, -0.2) is 17.6 Å². The van der Waals surface area contributed by atoms with Crippen LogP contribution in [0.1, 0.15) is 29.4 Å². The fourth-order valence-electron chi connectivity index (χ4n) is 2.11. The topological polar surface area (TPSA) is 43.3 Å². The zero-order valence-corrected chi connectivity index (χ0v) is 13.8. The molecule has 1 N–H and O–H groups in total. The van der Waals surface area contributed by atoms with Crippen molar-refractivity contribution in [2.24, 2.45) is 0 Å². The zero-order chi connectivity index (χ0) is 15.2. The molecule has 21 heavy (non-hydrogen) atoms. The number of methoxy groups -OCH3 is 1. The van der Waals surface area contributed by atoms with Crippen LogP contribution in [0.15, 0.2) is 41.0 Å². The molecule has 0 saturated carbocycles. The van der Waals surface area contributed by atoms with Crippen molar-refractivity contribution in [3.63, 3.8) is 0 Å². The molecule has 0 atom stereocenters. The first kappa shape index (κ1) is 15.6. The van der Waals surface area contributed by atoms with E-state index in [0.29, 0.717) is 12.2 Å². The van der Waals surface area contributed by atoms with Crippen LogP contribution in [0.5, 0.6) is 5.75 Å². The quantitative estimate of drug-likeness (QED) is 0.864. The maximum Gasteiger partial charge on any atom is 0.268 e. The van der Waals surface area contributed by atoms with E-state index in [-0.39, 0.29) is 5.91 Å². The van der Waals surface area contributed by atoms with Gasteiger partial charge < -0.3 is 14.6 Å². The summed E-state index contributed by atoms with van der Waals surface area (Å²) in [4.78, 5) is 12.3. The van der Waals surface area contributed by atoms with E-state index < -0.39 is 0 Å². The maximum atomic E-state index is 12.3. The van der Waals surface area contributed by atoms with Crippen LogP contribution in [0.25, 0.3) is 0 Å². The number of ether oxygens (including phenoxy) is 1. The average molecular weight is 351 g/mol. The van der Waals surface area contributed by atoms with E-state index >= 15 is 0 Å². The number of rotatable bonds is 6. The van der Waals surface area contributed by atoms with Crippen molar-refractivity contribution in [2.45, 2.75) is 26.4 Å². The summed E-state index contributed by atoms with van der Waals surface area (Å²) >= 11 is 3.42. The molecule has 1 aromatic carbocycles. The number of carbonyl (C=O) groups is 1. The number of nitrogens with zero attached hydrogens (tertiary/aromatic N) is 1. The number of hydrogen-bond acceptors (Lipinski definition) is 2. The van der Waals surface area contributed by atoms with E-state index in [4.69, 9.17) is 4.74 Å². The summed E-state index contributed by atoms with van der Waals surface area (Å²) in [5.74, 6) is 0.746. The largest absolute Gasteiger partial charge is 0.497 e. The van der Waals surface area contributed by atoms with Gasteiger partial charge in [0, 0.05) is 23.8 Å². The van der Waals surface area contributed by atoms with Crippen molar-refractivity contribution < 1.29 is 9.53 Å². The smallest absolute Gasteiger partial charge is 0.268 e. The summed E-state index contributed by atoms with van der Waals surface area (Å²) in [5.41, 5.74) is 1.72. The number of aromatic nitrogens is 1. The Kier molecular flexibility index (Phi) is 5.44.